The summed E-state index contributed by atoms with van der Waals surface area (Å²) in [6.45, 7) is 3.29. The van der Waals surface area contributed by atoms with E-state index in [1.54, 1.807) is 70.1 Å². The molecule has 4 rings (SSSR count). The number of allylic oxidation sites excluding steroid dienone is 2. The van der Waals surface area contributed by atoms with Crippen LogP contribution in [0.3, 0.4) is 0 Å². The van der Waals surface area contributed by atoms with Crippen molar-refractivity contribution in [3.8, 4) is 0 Å². The summed E-state index contributed by atoms with van der Waals surface area (Å²) in [7, 11) is -8.53. The number of aromatic nitrogens is 1. The Bertz CT molecular complexity index is 1880. The molecular formula is C31H39N2NaO6S8. The number of benzene rings is 2. The molecule has 0 fully saturated rings. The second-order valence-electron chi connectivity index (χ2n) is 10.7. The normalized spacial score (nSPS) is 14.6. The fourth-order valence-corrected chi connectivity index (χ4v) is 11.8. The second-order valence-corrected chi connectivity index (χ2v) is 19.3. The maximum atomic E-state index is 11.3. The van der Waals surface area contributed by atoms with Gasteiger partial charge in [0.15, 0.2) is 6.54 Å². The van der Waals surface area contributed by atoms with Crippen molar-refractivity contribution < 1.29 is 60.1 Å². The SMILES string of the molecule is CCC(=C/c1sc2cc(SC)c(SC)cc2[n+]1CCCCS(=O)(=O)[O-])/C=C1/Sc2cc(SC)c(SC)cc2N1CCCCS(=O)(=O)[O-].[Na+]. The average Bonchev–Trinajstić information content (AvgIpc) is 3.53. The minimum atomic E-state index is -4.26. The third-order valence-electron chi connectivity index (χ3n) is 7.55. The van der Waals surface area contributed by atoms with E-state index in [1.165, 1.54) is 19.6 Å². The fraction of sp³-hybridized carbons (Fsp3) is 0.452. The zero-order chi connectivity index (χ0) is 34.4. The molecule has 0 amide bonds. The fourth-order valence-electron chi connectivity index (χ4n) is 5.19. The number of unbranched alkanes of at least 4 members (excludes halogenated alkanes) is 2. The number of fused-ring (bicyclic) bond motifs is 2. The van der Waals surface area contributed by atoms with Gasteiger partial charge in [0.05, 0.1) is 31.0 Å². The van der Waals surface area contributed by atoms with Crippen LogP contribution in [0.15, 0.2) is 65.4 Å². The van der Waals surface area contributed by atoms with E-state index in [-0.39, 0.29) is 41.1 Å². The number of anilines is 1. The molecule has 258 valence electrons. The van der Waals surface area contributed by atoms with Gasteiger partial charge in [-0.05, 0) is 80.6 Å². The van der Waals surface area contributed by atoms with Crippen LogP contribution in [0.5, 0.6) is 0 Å². The van der Waals surface area contributed by atoms with Crippen LogP contribution >= 0.6 is 70.1 Å². The first-order valence-corrected chi connectivity index (χ1v) is 24.6. The Morgan fingerprint density at radius 2 is 1.40 bits per heavy atom. The Balaban J connectivity index is 0.00000625. The zero-order valence-corrected chi connectivity index (χ0v) is 36.5. The minimum Gasteiger partial charge on any atom is -0.748 e. The number of hydrogen-bond donors (Lipinski definition) is 0. The first-order chi connectivity index (χ1) is 22.3. The van der Waals surface area contributed by atoms with Gasteiger partial charge in [-0.15, -0.1) is 47.0 Å². The van der Waals surface area contributed by atoms with Crippen LogP contribution in [0.25, 0.3) is 16.3 Å². The van der Waals surface area contributed by atoms with Gasteiger partial charge in [0.2, 0.25) is 5.52 Å². The number of hydrogen-bond acceptors (Lipinski definition) is 13. The van der Waals surface area contributed by atoms with Gasteiger partial charge in [-0.2, -0.15) is 4.57 Å². The molecule has 2 aromatic carbocycles. The smallest absolute Gasteiger partial charge is 0.748 e. The quantitative estimate of drug-likeness (QED) is 0.0601. The van der Waals surface area contributed by atoms with Crippen LogP contribution < -0.4 is 39.0 Å². The van der Waals surface area contributed by atoms with E-state index >= 15 is 0 Å². The third-order valence-corrected chi connectivity index (χ3v) is 14.7. The summed E-state index contributed by atoms with van der Waals surface area (Å²) in [5.74, 6) is -0.741. The van der Waals surface area contributed by atoms with Gasteiger partial charge < -0.3 is 14.0 Å². The largest absolute Gasteiger partial charge is 1.00 e. The molecule has 0 unspecified atom stereocenters. The van der Waals surface area contributed by atoms with Gasteiger partial charge in [-0.1, -0.05) is 30.0 Å². The van der Waals surface area contributed by atoms with Gasteiger partial charge in [0, 0.05) is 61.1 Å². The van der Waals surface area contributed by atoms with Crippen LogP contribution in [0.1, 0.15) is 44.0 Å². The number of thioether (sulfide) groups is 5. The van der Waals surface area contributed by atoms with Crippen molar-refractivity contribution in [2.75, 3.05) is 48.0 Å². The van der Waals surface area contributed by atoms with Gasteiger partial charge in [0.25, 0.3) is 5.01 Å². The third kappa shape index (κ3) is 11.6. The van der Waals surface area contributed by atoms with E-state index in [4.69, 9.17) is 0 Å². The van der Waals surface area contributed by atoms with Crippen molar-refractivity contribution in [2.24, 2.45) is 0 Å². The molecule has 0 radical (unpaired) electrons. The van der Waals surface area contributed by atoms with E-state index < -0.39 is 20.2 Å². The number of rotatable bonds is 17. The summed E-state index contributed by atoms with van der Waals surface area (Å²) in [5, 5.41) is 2.09. The molecule has 17 heteroatoms. The Labute approximate surface area is 332 Å². The molecule has 0 aliphatic carbocycles. The number of thiazole rings is 1. The number of nitrogens with zero attached hydrogens (tertiary/aromatic N) is 2. The molecule has 0 atom stereocenters. The summed E-state index contributed by atoms with van der Waals surface area (Å²) in [4.78, 5) is 8.16. The molecule has 1 aliphatic heterocycles. The molecule has 8 nitrogen and oxygen atoms in total. The van der Waals surface area contributed by atoms with Crippen molar-refractivity contribution in [1.29, 1.82) is 0 Å². The molecule has 0 bridgehead atoms. The van der Waals surface area contributed by atoms with Crippen molar-refractivity contribution in [2.45, 2.75) is 70.1 Å². The predicted octanol–water partition coefficient (Wildman–Crippen LogP) is 4.98. The summed E-state index contributed by atoms with van der Waals surface area (Å²) in [5.41, 5.74) is 3.28. The molecule has 1 aromatic heterocycles. The van der Waals surface area contributed by atoms with Crippen molar-refractivity contribution in [1.82, 2.24) is 0 Å². The monoisotopic (exact) mass is 814 g/mol. The molecule has 3 aromatic rings. The predicted molar refractivity (Wildman–Crippen MR) is 203 cm³/mol. The molecule has 0 spiro atoms. The topological polar surface area (TPSA) is 122 Å². The van der Waals surface area contributed by atoms with Gasteiger partial charge in [-0.3, -0.25) is 0 Å². The van der Waals surface area contributed by atoms with Crippen molar-refractivity contribution in [3.63, 3.8) is 0 Å². The number of aryl methyl sites for hydroxylation is 1. The average molecular weight is 815 g/mol. The maximum Gasteiger partial charge on any atom is 1.00 e. The maximum absolute atomic E-state index is 11.3. The first kappa shape index (κ1) is 42.6. The Kier molecular flexibility index (Phi) is 17.1. The Hall–Kier alpha value is 0.180. The molecule has 0 saturated heterocycles. The van der Waals surface area contributed by atoms with Gasteiger partial charge in [0.1, 0.15) is 4.70 Å². The van der Waals surface area contributed by atoms with Crippen LogP contribution in [0, 0.1) is 0 Å². The van der Waals surface area contributed by atoms with Gasteiger partial charge >= 0.3 is 29.6 Å². The van der Waals surface area contributed by atoms with Gasteiger partial charge in [-0.25, -0.2) is 16.8 Å². The minimum absolute atomic E-state index is 0. The Morgan fingerprint density at radius 3 is 1.98 bits per heavy atom. The van der Waals surface area contributed by atoms with E-state index in [9.17, 15) is 25.9 Å². The molecule has 2 heterocycles. The van der Waals surface area contributed by atoms with E-state index in [0.29, 0.717) is 38.8 Å². The van der Waals surface area contributed by atoms with Crippen molar-refractivity contribution in [3.05, 3.63) is 46.0 Å². The second kappa shape index (κ2) is 19.3. The summed E-state index contributed by atoms with van der Waals surface area (Å²) in [6.07, 6.45) is 15.2. The Morgan fingerprint density at radius 1 is 0.833 bits per heavy atom. The first-order valence-electron chi connectivity index (χ1n) is 14.9. The summed E-state index contributed by atoms with van der Waals surface area (Å²) >= 11 is 10.2. The van der Waals surface area contributed by atoms with Crippen LogP contribution in [0.4, 0.5) is 5.69 Å². The molecule has 0 saturated carbocycles. The van der Waals surface area contributed by atoms with Crippen LogP contribution in [-0.4, -0.2) is 69.0 Å². The van der Waals surface area contributed by atoms with Crippen LogP contribution in [0.2, 0.25) is 0 Å². The summed E-state index contributed by atoms with van der Waals surface area (Å²) < 4.78 is 70.9. The van der Waals surface area contributed by atoms with E-state index in [2.05, 4.69) is 77.8 Å². The van der Waals surface area contributed by atoms with Crippen LogP contribution in [-0.2, 0) is 26.8 Å². The van der Waals surface area contributed by atoms with E-state index in [1.807, 2.05) is 0 Å². The molecular weight excluding hydrogens is 776 g/mol. The zero-order valence-electron chi connectivity index (χ0n) is 27.9. The standard InChI is InChI=1S/C31H40N2O6S8.Na/c1-6-21(15-30-32(11-7-9-13-46(34,35)36)22-17-26(40-2)28(42-4)19-24(22)44-30)16-31-33(12-8-10-14-47(37,38)39)23-18-27(41-3)29(43-5)20-25(23)45-31;/h15-20H,6-14H2,1-5H3,(H-,34,35,36,37,38,39);/q;+1/p-1. The molecule has 48 heavy (non-hydrogen) atoms. The molecule has 1 aliphatic rings. The molecule has 0 N–H and O–H groups in total. The summed E-state index contributed by atoms with van der Waals surface area (Å²) in [6, 6.07) is 8.84. The van der Waals surface area contributed by atoms with E-state index in [0.717, 1.165) is 42.8 Å². The van der Waals surface area contributed by atoms with Crippen molar-refractivity contribution >= 4 is 112 Å².